The molecule has 86 valence electrons. The molecule has 3 heterocycles. The highest BCUT2D eigenvalue weighted by Crippen LogP contribution is 2.38. The summed E-state index contributed by atoms with van der Waals surface area (Å²) in [5.74, 6) is 1.45. The average Bonchev–Trinajstić information content (AvgIpc) is 2.45. The summed E-state index contributed by atoms with van der Waals surface area (Å²) in [4.78, 5) is 12.6. The minimum Gasteiger partial charge on any atom is -0.436 e. The third-order valence-electron chi connectivity index (χ3n) is 3.14. The van der Waals surface area contributed by atoms with E-state index in [4.69, 9.17) is 4.74 Å². The summed E-state index contributed by atoms with van der Waals surface area (Å²) in [5.41, 5.74) is 3.03. The molecule has 2 aromatic heterocycles. The van der Waals surface area contributed by atoms with Gasteiger partial charge in [-0.1, -0.05) is 18.2 Å². The summed E-state index contributed by atoms with van der Waals surface area (Å²) in [6.07, 6.45) is 5.87. The van der Waals surface area contributed by atoms with E-state index < -0.39 is 0 Å². The minimum atomic E-state index is 0.635. The van der Waals surface area contributed by atoms with Crippen molar-refractivity contribution in [3.05, 3.63) is 54.1 Å². The van der Waals surface area contributed by atoms with Gasteiger partial charge >= 0.3 is 0 Å². The Morgan fingerprint density at radius 2 is 2.06 bits per heavy atom. The number of aromatic nitrogens is 3. The van der Waals surface area contributed by atoms with Crippen LogP contribution < -0.4 is 4.74 Å². The molecule has 4 rings (SSSR count). The molecule has 1 aromatic carbocycles. The zero-order chi connectivity index (χ0) is 11.9. The van der Waals surface area contributed by atoms with Crippen LogP contribution in [0.2, 0.25) is 0 Å². The second-order valence-electron chi connectivity index (χ2n) is 4.26. The number of hydrogen-bond donors (Lipinski definition) is 0. The van der Waals surface area contributed by atoms with Crippen LogP contribution in [0.25, 0.3) is 10.9 Å². The molecule has 1 aliphatic heterocycles. The molecule has 4 heteroatoms. The number of nitrogens with zero attached hydrogens (tertiary/aromatic N) is 3. The lowest BCUT2D eigenvalue weighted by molar-refractivity contribution is 0.443. The molecule has 0 aliphatic carbocycles. The number of benzene rings is 1. The highest BCUT2D eigenvalue weighted by Gasteiger charge is 2.20. The molecule has 0 spiro atoms. The normalized spacial score (nSPS) is 12.7. The zero-order valence-corrected chi connectivity index (χ0v) is 9.50. The molecule has 4 nitrogen and oxygen atoms in total. The van der Waals surface area contributed by atoms with E-state index in [1.54, 1.807) is 12.4 Å². The van der Waals surface area contributed by atoms with E-state index in [2.05, 4.69) is 27.1 Å². The molecule has 0 saturated heterocycles. The Bertz CT molecular complexity index is 755. The molecule has 0 fully saturated rings. The largest absolute Gasteiger partial charge is 0.436 e. The van der Waals surface area contributed by atoms with Crippen molar-refractivity contribution in [3.63, 3.8) is 0 Å². The lowest BCUT2D eigenvalue weighted by Gasteiger charge is -2.19. The number of pyridine rings is 1. The summed E-state index contributed by atoms with van der Waals surface area (Å²) in [5, 5.41) is 1.08. The summed E-state index contributed by atoms with van der Waals surface area (Å²) in [6, 6.07) is 8.10. The summed E-state index contributed by atoms with van der Waals surface area (Å²) >= 11 is 0. The molecule has 0 bridgehead atoms. The van der Waals surface area contributed by atoms with Crippen LogP contribution in [-0.2, 0) is 6.42 Å². The van der Waals surface area contributed by atoms with E-state index in [-0.39, 0.29) is 0 Å². The molecule has 0 radical (unpaired) electrons. The summed E-state index contributed by atoms with van der Waals surface area (Å²) < 4.78 is 5.88. The minimum absolute atomic E-state index is 0.635. The van der Waals surface area contributed by atoms with Crippen LogP contribution in [0.4, 0.5) is 0 Å². The van der Waals surface area contributed by atoms with Gasteiger partial charge in [-0.05, 0) is 6.07 Å². The highest BCUT2D eigenvalue weighted by molar-refractivity contribution is 5.86. The van der Waals surface area contributed by atoms with Crippen molar-refractivity contribution in [2.75, 3.05) is 0 Å². The molecule has 1 aliphatic rings. The van der Waals surface area contributed by atoms with Crippen molar-refractivity contribution in [2.24, 2.45) is 0 Å². The molecular weight excluding hydrogens is 226 g/mol. The molecule has 0 saturated carbocycles. The Hall–Kier alpha value is -2.49. The van der Waals surface area contributed by atoms with Crippen LogP contribution in [0.1, 0.15) is 11.1 Å². The van der Waals surface area contributed by atoms with Gasteiger partial charge in [0.15, 0.2) is 5.75 Å². The van der Waals surface area contributed by atoms with Gasteiger partial charge in [0, 0.05) is 35.3 Å². The first kappa shape index (κ1) is 9.53. The van der Waals surface area contributed by atoms with Gasteiger partial charge in [0.25, 0.3) is 0 Å². The van der Waals surface area contributed by atoms with Gasteiger partial charge in [-0.3, -0.25) is 4.98 Å². The van der Waals surface area contributed by atoms with Crippen LogP contribution in [0, 0.1) is 0 Å². The van der Waals surface area contributed by atoms with Crippen LogP contribution in [0.15, 0.2) is 43.0 Å². The number of fused-ring (bicyclic) bond motifs is 4. The lowest BCUT2D eigenvalue weighted by Crippen LogP contribution is -2.06. The van der Waals surface area contributed by atoms with Gasteiger partial charge in [-0.25, -0.2) is 9.97 Å². The van der Waals surface area contributed by atoms with E-state index in [9.17, 15) is 0 Å². The maximum atomic E-state index is 5.88. The van der Waals surface area contributed by atoms with Crippen LogP contribution in [-0.4, -0.2) is 15.0 Å². The zero-order valence-electron chi connectivity index (χ0n) is 9.50. The van der Waals surface area contributed by atoms with Crippen LogP contribution in [0.3, 0.4) is 0 Å². The monoisotopic (exact) mass is 235 g/mol. The van der Waals surface area contributed by atoms with Crippen molar-refractivity contribution >= 4 is 10.9 Å². The van der Waals surface area contributed by atoms with Gasteiger partial charge in [-0.15, -0.1) is 0 Å². The van der Waals surface area contributed by atoms with E-state index in [0.717, 1.165) is 34.2 Å². The maximum absolute atomic E-state index is 5.88. The molecule has 18 heavy (non-hydrogen) atoms. The van der Waals surface area contributed by atoms with Crippen molar-refractivity contribution in [1.29, 1.82) is 0 Å². The van der Waals surface area contributed by atoms with Crippen molar-refractivity contribution in [2.45, 2.75) is 6.42 Å². The summed E-state index contributed by atoms with van der Waals surface area (Å²) in [6.45, 7) is 0. The van der Waals surface area contributed by atoms with E-state index in [1.807, 2.05) is 12.1 Å². The Morgan fingerprint density at radius 1 is 1.06 bits per heavy atom. The SMILES string of the molecule is c1cnc2c3c(ccc2c1)Cc1cncnc1O3. The van der Waals surface area contributed by atoms with Crippen molar-refractivity contribution < 1.29 is 4.74 Å². The fourth-order valence-corrected chi connectivity index (χ4v) is 2.28. The quantitative estimate of drug-likeness (QED) is 0.470. The van der Waals surface area contributed by atoms with Gasteiger partial charge < -0.3 is 4.74 Å². The Kier molecular flexibility index (Phi) is 1.85. The van der Waals surface area contributed by atoms with E-state index in [0.29, 0.717) is 5.88 Å². The third-order valence-corrected chi connectivity index (χ3v) is 3.14. The fraction of sp³-hybridized carbons (Fsp3) is 0.0714. The average molecular weight is 235 g/mol. The first-order valence-electron chi connectivity index (χ1n) is 5.75. The van der Waals surface area contributed by atoms with Gasteiger partial charge in [-0.2, -0.15) is 0 Å². The van der Waals surface area contributed by atoms with Gasteiger partial charge in [0.05, 0.1) is 0 Å². The van der Waals surface area contributed by atoms with Gasteiger partial charge in [0.2, 0.25) is 5.88 Å². The van der Waals surface area contributed by atoms with E-state index in [1.165, 1.54) is 6.33 Å². The molecule has 0 amide bonds. The lowest BCUT2D eigenvalue weighted by atomic mass is 10.0. The van der Waals surface area contributed by atoms with Crippen molar-refractivity contribution in [1.82, 2.24) is 15.0 Å². The molecule has 0 N–H and O–H groups in total. The van der Waals surface area contributed by atoms with E-state index >= 15 is 0 Å². The molecule has 0 unspecified atom stereocenters. The number of rotatable bonds is 0. The maximum Gasteiger partial charge on any atom is 0.225 e. The third kappa shape index (κ3) is 1.29. The molecule has 0 atom stereocenters. The van der Waals surface area contributed by atoms with Crippen LogP contribution in [0.5, 0.6) is 11.6 Å². The molecule has 3 aromatic rings. The number of ether oxygens (including phenoxy) is 1. The van der Waals surface area contributed by atoms with Gasteiger partial charge in [0.1, 0.15) is 11.8 Å². The van der Waals surface area contributed by atoms with Crippen LogP contribution >= 0.6 is 0 Å². The Labute approximate surface area is 103 Å². The second-order valence-corrected chi connectivity index (χ2v) is 4.26. The predicted molar refractivity (Wildman–Crippen MR) is 66.7 cm³/mol. The molecular formula is C14H9N3O. The first-order chi connectivity index (χ1) is 8.92. The Balaban J connectivity index is 1.98. The standard InChI is InChI=1S/C14H9N3O/c1-2-9-3-4-10-6-11-7-15-8-17-14(11)18-13(10)12(9)16-5-1/h1-5,7-8H,6H2. The smallest absolute Gasteiger partial charge is 0.225 e. The topological polar surface area (TPSA) is 47.9 Å². The van der Waals surface area contributed by atoms with Crippen molar-refractivity contribution in [3.8, 4) is 11.6 Å². The Morgan fingerprint density at radius 3 is 3.06 bits per heavy atom. The summed E-state index contributed by atoms with van der Waals surface area (Å²) in [7, 11) is 0. The number of hydrogen-bond acceptors (Lipinski definition) is 4. The highest BCUT2D eigenvalue weighted by atomic mass is 16.5. The second kappa shape index (κ2) is 3.50. The predicted octanol–water partition coefficient (Wildman–Crippen LogP) is 2.72. The fourth-order valence-electron chi connectivity index (χ4n) is 2.28. The first-order valence-corrected chi connectivity index (χ1v) is 5.75.